The fourth-order valence-electron chi connectivity index (χ4n) is 8.67. The maximum Gasteiger partial charge on any atom is 0.234 e. The molecule has 0 bridgehead atoms. The Balaban J connectivity index is 2.04. The van der Waals surface area contributed by atoms with Gasteiger partial charge < -0.3 is 80.3 Å². The summed E-state index contributed by atoms with van der Waals surface area (Å²) >= 11 is 0. The van der Waals surface area contributed by atoms with Gasteiger partial charge in [0.25, 0.3) is 0 Å². The number of likely N-dealkylation sites (N-methyl/N-ethyl adjacent to an activating group) is 1. The first-order chi connectivity index (χ1) is 34.7. The highest BCUT2D eigenvalue weighted by atomic mass is 16.4. The van der Waals surface area contributed by atoms with Crippen LogP contribution in [0.25, 0.3) is 0 Å². The second-order valence-corrected chi connectivity index (χ2v) is 18.6. The Morgan fingerprint density at radius 1 is 0.384 bits per heavy atom. The van der Waals surface area contributed by atoms with Gasteiger partial charge in [-0.25, -0.2) is 0 Å². The van der Waals surface area contributed by atoms with Crippen LogP contribution in [0.4, 0.5) is 0 Å². The number of aliphatic carboxylic acids is 6. The monoisotopic (exact) mass is 1040 g/mol. The second-order valence-electron chi connectivity index (χ2n) is 18.6. The van der Waals surface area contributed by atoms with E-state index in [4.69, 9.17) is 0 Å². The molecule has 73 heavy (non-hydrogen) atoms. The van der Waals surface area contributed by atoms with Gasteiger partial charge in [0.2, 0.25) is 11.8 Å². The topological polar surface area (TPSA) is 357 Å². The van der Waals surface area contributed by atoms with Gasteiger partial charge in [0.1, 0.15) is 5.78 Å². The van der Waals surface area contributed by atoms with Crippen LogP contribution < -0.4 is 46.6 Å². The second kappa shape index (κ2) is 36.9. The molecule has 2 heterocycles. The Kier molecular flexibility index (Phi) is 32.4. The summed E-state index contributed by atoms with van der Waals surface area (Å²) in [6.07, 6.45) is 3.36. The summed E-state index contributed by atoms with van der Waals surface area (Å²) in [5.41, 5.74) is 0. The van der Waals surface area contributed by atoms with E-state index >= 15 is 0 Å². The fourth-order valence-corrected chi connectivity index (χ4v) is 8.67. The van der Waals surface area contributed by atoms with E-state index in [0.29, 0.717) is 52.0 Å². The lowest BCUT2D eigenvalue weighted by Crippen LogP contribution is -2.52. The maximum absolute atomic E-state index is 13.3. The van der Waals surface area contributed by atoms with Gasteiger partial charge in [-0.3, -0.25) is 53.6 Å². The number of nitrogens with one attached hydrogen (secondary N) is 3. The summed E-state index contributed by atoms with van der Waals surface area (Å²) in [6, 6.07) is -0.255. The molecule has 2 amide bonds. The predicted octanol–water partition coefficient (Wildman–Crippen LogP) is -12.4. The lowest BCUT2D eigenvalue weighted by molar-refractivity contribution is -0.308. The van der Waals surface area contributed by atoms with Crippen molar-refractivity contribution in [1.29, 1.82) is 0 Å². The van der Waals surface area contributed by atoms with E-state index in [1.54, 1.807) is 46.2 Å². The molecule has 27 nitrogen and oxygen atoms in total. The van der Waals surface area contributed by atoms with E-state index in [2.05, 4.69) is 20.9 Å². The quantitative estimate of drug-likeness (QED) is 0.0543. The molecule has 2 aliphatic heterocycles. The van der Waals surface area contributed by atoms with Gasteiger partial charge in [0.05, 0.1) is 54.9 Å². The van der Waals surface area contributed by atoms with E-state index in [0.717, 1.165) is 12.8 Å². The molecule has 0 aromatic heterocycles. The van der Waals surface area contributed by atoms with Crippen LogP contribution in [0.3, 0.4) is 0 Å². The third-order valence-corrected chi connectivity index (χ3v) is 12.7. The summed E-state index contributed by atoms with van der Waals surface area (Å²) in [5, 5.41) is 77.9. The molecule has 27 heteroatoms. The Morgan fingerprint density at radius 2 is 0.616 bits per heavy atom. The number of rotatable bonds is 31. The van der Waals surface area contributed by atoms with Crippen LogP contribution in [0.2, 0.25) is 0 Å². The first-order valence-electron chi connectivity index (χ1n) is 25.1. The summed E-state index contributed by atoms with van der Waals surface area (Å²) in [7, 11) is 1.74. The normalized spacial score (nSPS) is 18.3. The molecule has 3 N–H and O–H groups in total. The summed E-state index contributed by atoms with van der Waals surface area (Å²) < 4.78 is 0. The number of unbranched alkanes of at least 4 members (excludes halogenated alkanes) is 1. The summed E-state index contributed by atoms with van der Waals surface area (Å²) in [5.74, 6) is -8.45. The van der Waals surface area contributed by atoms with Crippen LogP contribution in [-0.2, 0) is 43.2 Å². The minimum Gasteiger partial charge on any atom is -0.549 e. The van der Waals surface area contributed by atoms with Gasteiger partial charge in [0.15, 0.2) is 0 Å². The highest BCUT2D eigenvalue weighted by Crippen LogP contribution is 2.07. The summed E-state index contributed by atoms with van der Waals surface area (Å²) in [6.45, 7) is 4.73. The molecular weight excluding hydrogens is 961 g/mol. The van der Waals surface area contributed by atoms with E-state index in [-0.39, 0.29) is 141 Å². The van der Waals surface area contributed by atoms with Crippen LogP contribution in [0.15, 0.2) is 0 Å². The number of carboxylic acids is 6. The van der Waals surface area contributed by atoms with Crippen molar-refractivity contribution in [2.45, 2.75) is 45.1 Å². The zero-order valence-corrected chi connectivity index (χ0v) is 42.8. The van der Waals surface area contributed by atoms with Gasteiger partial charge >= 0.3 is 0 Å². The first-order valence-corrected chi connectivity index (χ1v) is 25.1. The van der Waals surface area contributed by atoms with Crippen molar-refractivity contribution in [2.75, 3.05) is 197 Å². The lowest BCUT2D eigenvalue weighted by Gasteiger charge is -2.34. The fraction of sp³-hybridized carbons (Fsp3) is 0.804. The number of carboxylic acid groups (broad SMARTS) is 6. The number of hydrogen-bond acceptors (Lipinski definition) is 25. The highest BCUT2D eigenvalue weighted by Gasteiger charge is 2.21. The summed E-state index contributed by atoms with van der Waals surface area (Å²) in [4.78, 5) is 123. The van der Waals surface area contributed by atoms with Gasteiger partial charge in [-0.15, -0.1) is 0 Å². The average Bonchev–Trinajstić information content (AvgIpc) is 3.29. The molecule has 1 atom stereocenters. The van der Waals surface area contributed by atoms with E-state index < -0.39 is 75.1 Å². The van der Waals surface area contributed by atoms with Crippen molar-refractivity contribution >= 4 is 53.4 Å². The number of ketones is 1. The Hall–Kier alpha value is -4.97. The maximum atomic E-state index is 13.3. The van der Waals surface area contributed by atoms with Crippen LogP contribution in [0, 0.1) is 0 Å². The standard InChI is InChI=1S/C46H84N12O15/c1-37(59)38(47-2)7-3-4-10-50(11-5-8-48-39(60)29-51-13-17-53(31-41(62)63)21-25-57(35-45(70)71)26-22-54(18-14-51)32-42(64)65)12-6-9-49-40(61)30-52-15-19-55(33-43(66)67)23-27-58(36-46(72)73)28-24-56(20-16-52)34-44(68)69/h38,47H,3-36H2,1-2H3,(H,48,60)(H,49,61)(H,62,63)(H,64,65)(H,66,67)(H,68,69)(H,70,71)(H,72,73)/p-6. The number of hydrogen-bond donors (Lipinski definition) is 3. The molecule has 2 fully saturated rings. The molecule has 0 radical (unpaired) electrons. The van der Waals surface area contributed by atoms with E-state index in [9.17, 15) is 73.8 Å². The van der Waals surface area contributed by atoms with Crippen LogP contribution in [0.5, 0.6) is 0 Å². The molecular formula is C46H78N12O15-6. The molecule has 1 unspecified atom stereocenters. The van der Waals surface area contributed by atoms with Crippen LogP contribution in [-0.4, -0.2) is 300 Å². The van der Waals surface area contributed by atoms with Gasteiger partial charge in [0, 0.05) is 157 Å². The number of Topliss-reactive ketones (excluding diaryl/α,β-unsaturated/α-hetero) is 1. The smallest absolute Gasteiger partial charge is 0.234 e. The molecule has 2 aliphatic rings. The molecule has 0 aliphatic carbocycles. The molecule has 0 saturated carbocycles. The third-order valence-electron chi connectivity index (χ3n) is 12.7. The largest absolute Gasteiger partial charge is 0.549 e. The highest BCUT2D eigenvalue weighted by molar-refractivity contribution is 5.81. The van der Waals surface area contributed by atoms with Gasteiger partial charge in [-0.2, -0.15) is 0 Å². The first kappa shape index (κ1) is 64.1. The van der Waals surface area contributed by atoms with Gasteiger partial charge in [-0.1, -0.05) is 6.42 Å². The minimum absolute atomic E-state index is 0.0467. The van der Waals surface area contributed by atoms with Crippen molar-refractivity contribution in [2.24, 2.45) is 0 Å². The predicted molar refractivity (Wildman–Crippen MR) is 251 cm³/mol. The molecule has 2 rings (SSSR count). The molecule has 2 saturated heterocycles. The number of carbonyl (C=O) groups is 9. The molecule has 0 spiro atoms. The van der Waals surface area contributed by atoms with E-state index in [1.807, 2.05) is 0 Å². The Bertz CT molecular complexity index is 1560. The van der Waals surface area contributed by atoms with Crippen molar-refractivity contribution in [3.8, 4) is 0 Å². The zero-order chi connectivity index (χ0) is 54.1. The average molecular weight is 1040 g/mol. The van der Waals surface area contributed by atoms with Crippen molar-refractivity contribution in [3.63, 3.8) is 0 Å². The van der Waals surface area contributed by atoms with Crippen molar-refractivity contribution in [3.05, 3.63) is 0 Å². The Labute approximate surface area is 428 Å². The molecule has 0 aromatic rings. The van der Waals surface area contributed by atoms with Crippen LogP contribution >= 0.6 is 0 Å². The minimum atomic E-state index is -1.32. The molecule has 418 valence electrons. The zero-order valence-electron chi connectivity index (χ0n) is 42.8. The van der Waals surface area contributed by atoms with Crippen LogP contribution in [0.1, 0.15) is 39.0 Å². The number of carbonyl (C=O) groups excluding carboxylic acids is 9. The lowest BCUT2D eigenvalue weighted by atomic mass is 10.1. The van der Waals surface area contributed by atoms with Crippen molar-refractivity contribution < 1.29 is 73.8 Å². The Morgan fingerprint density at radius 3 is 0.836 bits per heavy atom. The third kappa shape index (κ3) is 32.1. The van der Waals surface area contributed by atoms with Gasteiger partial charge in [-0.05, 0) is 59.3 Å². The van der Waals surface area contributed by atoms with E-state index in [1.165, 1.54) is 6.92 Å². The number of amides is 2. The van der Waals surface area contributed by atoms with Crippen molar-refractivity contribution in [1.82, 2.24) is 60.0 Å². The SMILES string of the molecule is CNC(CCCCN(CCCNC(=O)CN1CCN(CC(=O)[O-])CCN(CC(=O)[O-])CCN(CC(=O)[O-])CC1)CCCNC(=O)CN1CCN(CC(=O)[O-])CCN(CC(=O)[O-])CCN(CC(=O)[O-])CC1)C(C)=O. The molecule has 0 aromatic carbocycles. The number of nitrogens with zero attached hydrogens (tertiary/aromatic N) is 9.